The van der Waals surface area contributed by atoms with Crippen molar-refractivity contribution in [2.75, 3.05) is 24.2 Å². The third kappa shape index (κ3) is 5.18. The van der Waals surface area contributed by atoms with Gasteiger partial charge in [0.1, 0.15) is 10.8 Å². The largest absolute Gasteiger partial charge is 0.366 e. The maximum absolute atomic E-state index is 11.9. The van der Waals surface area contributed by atoms with E-state index in [9.17, 15) is 8.42 Å². The molecule has 1 saturated heterocycles. The lowest BCUT2D eigenvalue weighted by atomic mass is 10.1. The van der Waals surface area contributed by atoms with Gasteiger partial charge in [0.2, 0.25) is 10.0 Å². The first-order chi connectivity index (χ1) is 12.6. The normalized spacial score (nSPS) is 16.5. The van der Waals surface area contributed by atoms with E-state index in [1.165, 1.54) is 5.56 Å². The second kappa shape index (κ2) is 8.83. The minimum absolute atomic E-state index is 0.164. The van der Waals surface area contributed by atoms with Gasteiger partial charge in [-0.15, -0.1) is 11.8 Å². The van der Waals surface area contributed by atoms with Gasteiger partial charge < -0.3 is 5.32 Å². The summed E-state index contributed by atoms with van der Waals surface area (Å²) in [4.78, 5) is 8.90. The van der Waals surface area contributed by atoms with E-state index < -0.39 is 10.0 Å². The SMILES string of the molecule is CCS(=O)(=O)N1CCC(Nc2cncc(SCc3ccccc3)n2)CC1. The van der Waals surface area contributed by atoms with E-state index >= 15 is 0 Å². The Morgan fingerprint density at radius 3 is 2.62 bits per heavy atom. The van der Waals surface area contributed by atoms with Crippen molar-refractivity contribution in [3.05, 3.63) is 48.3 Å². The molecule has 0 atom stereocenters. The van der Waals surface area contributed by atoms with Crippen molar-refractivity contribution in [3.63, 3.8) is 0 Å². The van der Waals surface area contributed by atoms with Crippen molar-refractivity contribution in [1.29, 1.82) is 0 Å². The first kappa shape index (κ1) is 19.1. The number of hydrogen-bond acceptors (Lipinski definition) is 6. The van der Waals surface area contributed by atoms with Crippen LogP contribution in [-0.2, 0) is 15.8 Å². The van der Waals surface area contributed by atoms with Gasteiger partial charge >= 0.3 is 0 Å². The molecule has 1 N–H and O–H groups in total. The average molecular weight is 393 g/mol. The van der Waals surface area contributed by atoms with Crippen molar-refractivity contribution in [2.24, 2.45) is 0 Å². The lowest BCUT2D eigenvalue weighted by molar-refractivity contribution is 0.330. The van der Waals surface area contributed by atoms with Crippen LogP contribution in [-0.4, -0.2) is 47.6 Å². The Labute approximate surface area is 159 Å². The number of benzene rings is 1. The first-order valence-corrected chi connectivity index (χ1v) is 11.4. The van der Waals surface area contributed by atoms with Gasteiger partial charge in [-0.05, 0) is 25.3 Å². The second-order valence-electron chi connectivity index (χ2n) is 6.24. The summed E-state index contributed by atoms with van der Waals surface area (Å²) < 4.78 is 25.5. The summed E-state index contributed by atoms with van der Waals surface area (Å²) in [5, 5.41) is 4.28. The molecule has 0 aliphatic carbocycles. The van der Waals surface area contributed by atoms with Crippen LogP contribution < -0.4 is 5.32 Å². The van der Waals surface area contributed by atoms with Gasteiger partial charge in [-0.1, -0.05) is 30.3 Å². The number of hydrogen-bond donors (Lipinski definition) is 1. The molecule has 1 aromatic heterocycles. The molecular weight excluding hydrogens is 368 g/mol. The van der Waals surface area contributed by atoms with Crippen molar-refractivity contribution < 1.29 is 8.42 Å². The molecule has 0 unspecified atom stereocenters. The van der Waals surface area contributed by atoms with Crippen LogP contribution in [0.3, 0.4) is 0 Å². The van der Waals surface area contributed by atoms with Gasteiger partial charge in [-0.2, -0.15) is 0 Å². The molecule has 2 heterocycles. The van der Waals surface area contributed by atoms with Crippen molar-refractivity contribution >= 4 is 27.6 Å². The van der Waals surface area contributed by atoms with Crippen LogP contribution in [0.5, 0.6) is 0 Å². The number of aromatic nitrogens is 2. The fraction of sp³-hybridized carbons (Fsp3) is 0.444. The minimum Gasteiger partial charge on any atom is -0.366 e. The standard InChI is InChI=1S/C18H24N4O2S2/c1-2-26(23,24)22-10-8-16(9-11-22)20-17-12-19-13-18(21-17)25-14-15-6-4-3-5-7-15/h3-7,12-13,16H,2,8-11,14H2,1H3,(H,20,21). The average Bonchev–Trinajstić information content (AvgIpc) is 2.68. The lowest BCUT2D eigenvalue weighted by Gasteiger charge is -2.31. The van der Waals surface area contributed by atoms with Gasteiger partial charge in [0.25, 0.3) is 0 Å². The molecule has 2 aromatic rings. The molecule has 1 aromatic carbocycles. The zero-order valence-corrected chi connectivity index (χ0v) is 16.5. The molecule has 0 saturated carbocycles. The van der Waals surface area contributed by atoms with Gasteiger partial charge in [0, 0.05) is 24.9 Å². The topological polar surface area (TPSA) is 75.2 Å². The van der Waals surface area contributed by atoms with E-state index in [0.717, 1.165) is 29.4 Å². The maximum Gasteiger partial charge on any atom is 0.213 e. The highest BCUT2D eigenvalue weighted by atomic mass is 32.2. The Morgan fingerprint density at radius 2 is 1.92 bits per heavy atom. The molecule has 0 bridgehead atoms. The van der Waals surface area contributed by atoms with Gasteiger partial charge in [-0.25, -0.2) is 17.7 Å². The number of sulfonamides is 1. The second-order valence-corrected chi connectivity index (χ2v) is 9.49. The molecule has 1 aliphatic rings. The maximum atomic E-state index is 11.9. The first-order valence-electron chi connectivity index (χ1n) is 8.80. The van der Waals surface area contributed by atoms with Crippen molar-refractivity contribution in [1.82, 2.24) is 14.3 Å². The summed E-state index contributed by atoms with van der Waals surface area (Å²) in [6.07, 6.45) is 5.06. The molecule has 1 fully saturated rings. The minimum atomic E-state index is -3.08. The Balaban J connectivity index is 1.53. The highest BCUT2D eigenvalue weighted by molar-refractivity contribution is 7.98. The Hall–Kier alpha value is -1.64. The summed E-state index contributed by atoms with van der Waals surface area (Å²) in [7, 11) is -3.08. The summed E-state index contributed by atoms with van der Waals surface area (Å²) in [6.45, 7) is 2.81. The Morgan fingerprint density at radius 1 is 1.19 bits per heavy atom. The van der Waals surface area contributed by atoms with Crippen LogP contribution in [0, 0.1) is 0 Å². The molecule has 3 rings (SSSR count). The quantitative estimate of drug-likeness (QED) is 0.730. The number of anilines is 1. The molecule has 0 spiro atoms. The number of rotatable bonds is 7. The molecule has 1 aliphatic heterocycles. The highest BCUT2D eigenvalue weighted by Gasteiger charge is 2.26. The zero-order valence-electron chi connectivity index (χ0n) is 14.8. The van der Waals surface area contributed by atoms with E-state index in [1.807, 2.05) is 18.2 Å². The number of nitrogens with one attached hydrogen (secondary N) is 1. The summed E-state index contributed by atoms with van der Waals surface area (Å²) >= 11 is 1.66. The van der Waals surface area contributed by atoms with Gasteiger partial charge in [-0.3, -0.25) is 4.98 Å². The third-order valence-corrected chi connectivity index (χ3v) is 7.26. The Bertz CT molecular complexity index is 807. The lowest BCUT2D eigenvalue weighted by Crippen LogP contribution is -2.43. The Kier molecular flexibility index (Phi) is 6.50. The zero-order chi connectivity index (χ0) is 18.4. The van der Waals surface area contributed by atoms with Crippen LogP contribution in [0.4, 0.5) is 5.82 Å². The van der Waals surface area contributed by atoms with E-state index in [4.69, 9.17) is 0 Å². The number of piperidine rings is 1. The smallest absolute Gasteiger partial charge is 0.213 e. The van der Waals surface area contributed by atoms with E-state index in [-0.39, 0.29) is 11.8 Å². The third-order valence-electron chi connectivity index (χ3n) is 4.41. The van der Waals surface area contributed by atoms with Crippen LogP contribution in [0.15, 0.2) is 47.8 Å². The molecule has 0 amide bonds. The van der Waals surface area contributed by atoms with Crippen LogP contribution in [0.25, 0.3) is 0 Å². The number of thioether (sulfide) groups is 1. The molecule has 140 valence electrons. The molecule has 6 nitrogen and oxygen atoms in total. The molecular formula is C18H24N4O2S2. The predicted molar refractivity (Wildman–Crippen MR) is 106 cm³/mol. The van der Waals surface area contributed by atoms with E-state index in [2.05, 4.69) is 27.4 Å². The molecule has 0 radical (unpaired) electrons. The van der Waals surface area contributed by atoms with Crippen molar-refractivity contribution in [3.8, 4) is 0 Å². The molecule has 26 heavy (non-hydrogen) atoms. The van der Waals surface area contributed by atoms with Gasteiger partial charge in [0.05, 0.1) is 18.1 Å². The summed E-state index contributed by atoms with van der Waals surface area (Å²) in [6, 6.07) is 10.5. The van der Waals surface area contributed by atoms with Crippen LogP contribution in [0.2, 0.25) is 0 Å². The fourth-order valence-corrected chi connectivity index (χ4v) is 4.83. The predicted octanol–water partition coefficient (Wildman–Crippen LogP) is 2.99. The summed E-state index contributed by atoms with van der Waals surface area (Å²) in [5.74, 6) is 1.77. The van der Waals surface area contributed by atoms with E-state index in [0.29, 0.717) is 13.1 Å². The van der Waals surface area contributed by atoms with Crippen molar-refractivity contribution in [2.45, 2.75) is 36.6 Å². The fourth-order valence-electron chi connectivity index (χ4n) is 2.89. The summed E-state index contributed by atoms with van der Waals surface area (Å²) in [5.41, 5.74) is 1.25. The highest BCUT2D eigenvalue weighted by Crippen LogP contribution is 2.22. The van der Waals surface area contributed by atoms with Crippen LogP contribution in [0.1, 0.15) is 25.3 Å². The van der Waals surface area contributed by atoms with E-state index in [1.54, 1.807) is 35.4 Å². The van der Waals surface area contributed by atoms with Gasteiger partial charge in [0.15, 0.2) is 0 Å². The number of nitrogens with zero attached hydrogens (tertiary/aromatic N) is 3. The van der Waals surface area contributed by atoms with Crippen LogP contribution >= 0.6 is 11.8 Å². The monoisotopic (exact) mass is 392 g/mol. The molecule has 8 heteroatoms.